The first-order valence-corrected chi connectivity index (χ1v) is 9.10. The molecule has 0 amide bonds. The summed E-state index contributed by atoms with van der Waals surface area (Å²) >= 11 is 1.04. The zero-order valence-corrected chi connectivity index (χ0v) is 15.9. The summed E-state index contributed by atoms with van der Waals surface area (Å²) in [6, 6.07) is 14.9. The fraction of sp³-hybridized carbons (Fsp3) is 0.200. The van der Waals surface area contributed by atoms with E-state index in [1.807, 2.05) is 48.5 Å². The van der Waals surface area contributed by atoms with Crippen molar-refractivity contribution in [3.63, 3.8) is 0 Å². The van der Waals surface area contributed by atoms with Crippen molar-refractivity contribution in [1.29, 1.82) is 0 Å². The molecule has 0 aliphatic heterocycles. The third kappa shape index (κ3) is 3.93. The molecule has 0 fully saturated rings. The first-order chi connectivity index (χ1) is 13.0. The molecule has 27 heavy (non-hydrogen) atoms. The second-order valence-corrected chi connectivity index (χ2v) is 6.95. The number of carboxylic acids is 1. The Hall–Kier alpha value is -2.93. The average Bonchev–Trinajstić information content (AvgIpc) is 3.11. The van der Waals surface area contributed by atoms with Crippen LogP contribution in [0.15, 0.2) is 58.2 Å². The van der Waals surface area contributed by atoms with E-state index in [-0.39, 0.29) is 5.22 Å². The van der Waals surface area contributed by atoms with Gasteiger partial charge in [-0.2, -0.15) is 0 Å². The second-order valence-electron chi connectivity index (χ2n) is 5.66. The number of oxazole rings is 1. The lowest BCUT2D eigenvalue weighted by Gasteiger charge is -2.09. The number of methoxy groups -OCH3 is 2. The second kappa shape index (κ2) is 8.18. The van der Waals surface area contributed by atoms with Crippen molar-refractivity contribution in [3.05, 3.63) is 48.5 Å². The molecule has 0 saturated carbocycles. The summed E-state index contributed by atoms with van der Waals surface area (Å²) in [4.78, 5) is 15.8. The summed E-state index contributed by atoms with van der Waals surface area (Å²) in [5, 5.41) is 8.76. The summed E-state index contributed by atoms with van der Waals surface area (Å²) < 4.78 is 16.9. The van der Waals surface area contributed by atoms with Crippen molar-refractivity contribution in [2.75, 3.05) is 14.2 Å². The lowest BCUT2D eigenvalue weighted by atomic mass is 10.0. The van der Waals surface area contributed by atoms with Gasteiger partial charge in [0.1, 0.15) is 22.4 Å². The van der Waals surface area contributed by atoms with E-state index in [4.69, 9.17) is 13.9 Å². The van der Waals surface area contributed by atoms with E-state index in [0.29, 0.717) is 23.0 Å². The minimum atomic E-state index is -0.934. The Morgan fingerprint density at radius 1 is 1.04 bits per heavy atom. The maximum Gasteiger partial charge on any atom is 0.316 e. The number of thioether (sulfide) groups is 1. The Kier molecular flexibility index (Phi) is 5.71. The molecule has 0 aliphatic carbocycles. The number of benzene rings is 2. The minimum Gasteiger partial charge on any atom is -0.496 e. The van der Waals surface area contributed by atoms with Crippen LogP contribution in [0, 0.1) is 0 Å². The molecule has 0 aliphatic rings. The fourth-order valence-electron chi connectivity index (χ4n) is 2.59. The molecule has 3 rings (SSSR count). The largest absolute Gasteiger partial charge is 0.496 e. The molecule has 1 N–H and O–H groups in total. The SMILES string of the molecule is COc1ccccc1-c1nc(SC(C)C(=O)O)oc1-c1ccccc1OC. The lowest BCUT2D eigenvalue weighted by molar-refractivity contribution is -0.136. The highest BCUT2D eigenvalue weighted by molar-refractivity contribution is 8.00. The van der Waals surface area contributed by atoms with Gasteiger partial charge in [-0.25, -0.2) is 4.98 Å². The van der Waals surface area contributed by atoms with Gasteiger partial charge in [0, 0.05) is 5.56 Å². The van der Waals surface area contributed by atoms with Gasteiger partial charge in [-0.15, -0.1) is 0 Å². The van der Waals surface area contributed by atoms with Crippen LogP contribution in [0.3, 0.4) is 0 Å². The van der Waals surface area contributed by atoms with E-state index in [1.165, 1.54) is 0 Å². The number of rotatable bonds is 7. The normalized spacial score (nSPS) is 11.8. The van der Waals surface area contributed by atoms with Gasteiger partial charge >= 0.3 is 5.97 Å². The van der Waals surface area contributed by atoms with Crippen molar-refractivity contribution in [2.45, 2.75) is 17.4 Å². The molecule has 1 heterocycles. The van der Waals surface area contributed by atoms with Gasteiger partial charge in [-0.1, -0.05) is 36.0 Å². The van der Waals surface area contributed by atoms with Crippen molar-refractivity contribution in [1.82, 2.24) is 4.98 Å². The van der Waals surface area contributed by atoms with Gasteiger partial charge in [0.2, 0.25) is 0 Å². The first-order valence-electron chi connectivity index (χ1n) is 8.22. The molecule has 140 valence electrons. The monoisotopic (exact) mass is 385 g/mol. The maximum absolute atomic E-state index is 11.2. The Morgan fingerprint density at radius 2 is 1.59 bits per heavy atom. The third-order valence-corrected chi connectivity index (χ3v) is 4.88. The number of aromatic nitrogens is 1. The van der Waals surface area contributed by atoms with Gasteiger partial charge < -0.3 is 19.0 Å². The number of hydrogen-bond acceptors (Lipinski definition) is 6. The van der Waals surface area contributed by atoms with Crippen LogP contribution in [-0.2, 0) is 4.79 Å². The predicted molar refractivity (Wildman–Crippen MR) is 103 cm³/mol. The number of carbonyl (C=O) groups is 1. The number of aliphatic carboxylic acids is 1. The van der Waals surface area contributed by atoms with E-state index in [2.05, 4.69) is 4.98 Å². The van der Waals surface area contributed by atoms with Crippen LogP contribution in [0.1, 0.15) is 6.92 Å². The predicted octanol–water partition coefficient (Wildman–Crippen LogP) is 4.59. The molecule has 0 spiro atoms. The molecule has 6 nitrogen and oxygen atoms in total. The Labute approximate surface area is 161 Å². The first kappa shape index (κ1) is 18.8. The standard InChI is InChI=1S/C20H19NO5S/c1-12(19(22)23)27-20-21-17(13-8-4-6-10-15(13)24-2)18(26-20)14-9-5-7-11-16(14)25-3/h4-12H,1-3H3,(H,22,23). The molecule has 2 aromatic carbocycles. The van der Waals surface area contributed by atoms with Gasteiger partial charge in [-0.05, 0) is 31.2 Å². The highest BCUT2D eigenvalue weighted by Gasteiger charge is 2.24. The van der Waals surface area contributed by atoms with E-state index >= 15 is 0 Å². The van der Waals surface area contributed by atoms with Gasteiger partial charge in [-0.3, -0.25) is 4.79 Å². The minimum absolute atomic E-state index is 0.270. The van der Waals surface area contributed by atoms with Crippen LogP contribution in [0.2, 0.25) is 0 Å². The Morgan fingerprint density at radius 3 is 2.19 bits per heavy atom. The van der Waals surface area contributed by atoms with Gasteiger partial charge in [0.15, 0.2) is 5.76 Å². The van der Waals surface area contributed by atoms with Crippen LogP contribution < -0.4 is 9.47 Å². The molecule has 1 atom stereocenters. The van der Waals surface area contributed by atoms with E-state index < -0.39 is 11.2 Å². The van der Waals surface area contributed by atoms with Crippen molar-refractivity contribution in [3.8, 4) is 34.1 Å². The molecular formula is C20H19NO5S. The molecular weight excluding hydrogens is 366 g/mol. The number of para-hydroxylation sites is 2. The number of nitrogens with zero attached hydrogens (tertiary/aromatic N) is 1. The molecule has 0 saturated heterocycles. The summed E-state index contributed by atoms with van der Waals surface area (Å²) in [5.41, 5.74) is 2.04. The summed E-state index contributed by atoms with van der Waals surface area (Å²) in [6.07, 6.45) is 0. The van der Waals surface area contributed by atoms with Gasteiger partial charge in [0.25, 0.3) is 5.22 Å². The fourth-order valence-corrected chi connectivity index (χ4v) is 3.27. The molecule has 1 aromatic heterocycles. The summed E-state index contributed by atoms with van der Waals surface area (Å²) in [5.74, 6) is 0.838. The highest BCUT2D eigenvalue weighted by Crippen LogP contribution is 2.42. The van der Waals surface area contributed by atoms with Crippen molar-refractivity contribution >= 4 is 17.7 Å². The van der Waals surface area contributed by atoms with E-state index in [1.54, 1.807) is 21.1 Å². The zero-order chi connectivity index (χ0) is 19.4. The molecule has 3 aromatic rings. The smallest absolute Gasteiger partial charge is 0.316 e. The van der Waals surface area contributed by atoms with Crippen LogP contribution in [0.4, 0.5) is 0 Å². The van der Waals surface area contributed by atoms with Crippen molar-refractivity contribution < 1.29 is 23.8 Å². The van der Waals surface area contributed by atoms with Gasteiger partial charge in [0.05, 0.1) is 19.8 Å². The topological polar surface area (TPSA) is 81.8 Å². The zero-order valence-electron chi connectivity index (χ0n) is 15.1. The number of carboxylic acid groups (broad SMARTS) is 1. The number of ether oxygens (including phenoxy) is 2. The van der Waals surface area contributed by atoms with Crippen LogP contribution in [0.5, 0.6) is 11.5 Å². The Bertz CT molecular complexity index is 888. The molecule has 0 radical (unpaired) electrons. The van der Waals surface area contributed by atoms with Crippen LogP contribution in [0.25, 0.3) is 22.6 Å². The van der Waals surface area contributed by atoms with E-state index in [9.17, 15) is 9.90 Å². The third-order valence-electron chi connectivity index (χ3n) is 3.95. The molecule has 1 unspecified atom stereocenters. The Balaban J connectivity index is 2.18. The quantitative estimate of drug-likeness (QED) is 0.596. The molecule has 7 heteroatoms. The van der Waals surface area contributed by atoms with E-state index in [0.717, 1.165) is 22.9 Å². The van der Waals surface area contributed by atoms with Crippen molar-refractivity contribution in [2.24, 2.45) is 0 Å². The summed E-state index contributed by atoms with van der Waals surface area (Å²) in [7, 11) is 3.17. The average molecular weight is 385 g/mol. The van der Waals surface area contributed by atoms with Crippen LogP contribution >= 0.6 is 11.8 Å². The lowest BCUT2D eigenvalue weighted by Crippen LogP contribution is -2.10. The van der Waals surface area contributed by atoms with Crippen LogP contribution in [-0.4, -0.2) is 35.5 Å². The highest BCUT2D eigenvalue weighted by atomic mass is 32.2. The number of hydrogen-bond donors (Lipinski definition) is 1. The molecule has 0 bridgehead atoms. The maximum atomic E-state index is 11.2. The summed E-state index contributed by atoms with van der Waals surface area (Å²) in [6.45, 7) is 1.59.